The van der Waals surface area contributed by atoms with Gasteiger partial charge in [-0.25, -0.2) is 0 Å². The minimum atomic E-state index is -3.13. The molecule has 0 radical (unpaired) electrons. The van der Waals surface area contributed by atoms with Crippen LogP contribution in [0.25, 0.3) is 0 Å². The molecular formula is C19H32NO3P. The van der Waals surface area contributed by atoms with Crippen molar-refractivity contribution in [3.8, 4) is 0 Å². The van der Waals surface area contributed by atoms with E-state index >= 15 is 0 Å². The average molecular weight is 353 g/mol. The van der Waals surface area contributed by atoms with Crippen molar-refractivity contribution >= 4 is 7.60 Å². The van der Waals surface area contributed by atoms with Crippen LogP contribution < -0.4 is 0 Å². The Labute approximate surface area is 147 Å². The topological polar surface area (TPSA) is 38.5 Å². The third-order valence-electron chi connectivity index (χ3n) is 4.63. The van der Waals surface area contributed by atoms with Gasteiger partial charge in [-0.2, -0.15) is 0 Å². The number of rotatable bonds is 11. The first-order chi connectivity index (χ1) is 11.5. The summed E-state index contributed by atoms with van der Waals surface area (Å²) in [6.45, 7) is 10.2. The van der Waals surface area contributed by atoms with E-state index in [0.29, 0.717) is 13.2 Å². The monoisotopic (exact) mass is 353 g/mol. The van der Waals surface area contributed by atoms with Crippen molar-refractivity contribution in [3.05, 3.63) is 35.9 Å². The van der Waals surface area contributed by atoms with Crippen LogP contribution >= 0.6 is 7.60 Å². The van der Waals surface area contributed by atoms with Gasteiger partial charge in [0.2, 0.25) is 0 Å². The Hall–Kier alpha value is -0.670. The summed E-state index contributed by atoms with van der Waals surface area (Å²) in [4.78, 5) is 2.24. The van der Waals surface area contributed by atoms with Gasteiger partial charge in [-0.3, -0.25) is 9.46 Å². The van der Waals surface area contributed by atoms with Crippen LogP contribution in [0, 0.1) is 0 Å². The number of benzene rings is 1. The zero-order valence-electron chi connectivity index (χ0n) is 15.5. The van der Waals surface area contributed by atoms with Crippen LogP contribution in [0.2, 0.25) is 0 Å². The highest BCUT2D eigenvalue weighted by Gasteiger charge is 2.66. The number of hydrogen-bond donors (Lipinski definition) is 0. The van der Waals surface area contributed by atoms with Crippen LogP contribution in [0.1, 0.15) is 58.9 Å². The zero-order valence-corrected chi connectivity index (χ0v) is 16.4. The largest absolute Gasteiger partial charge is 0.349 e. The van der Waals surface area contributed by atoms with Crippen molar-refractivity contribution in [3.63, 3.8) is 0 Å². The van der Waals surface area contributed by atoms with Crippen LogP contribution in [0.15, 0.2) is 30.3 Å². The van der Waals surface area contributed by atoms with Gasteiger partial charge in [0.25, 0.3) is 0 Å². The van der Waals surface area contributed by atoms with E-state index in [1.165, 1.54) is 5.56 Å². The van der Waals surface area contributed by atoms with Crippen molar-refractivity contribution in [1.29, 1.82) is 0 Å². The molecule has 24 heavy (non-hydrogen) atoms. The van der Waals surface area contributed by atoms with Crippen LogP contribution in [0.4, 0.5) is 0 Å². The molecule has 1 aromatic rings. The van der Waals surface area contributed by atoms with Gasteiger partial charge in [0.1, 0.15) is 5.78 Å². The van der Waals surface area contributed by atoms with Gasteiger partial charge in [-0.05, 0) is 32.3 Å². The van der Waals surface area contributed by atoms with Gasteiger partial charge in [-0.15, -0.1) is 0 Å². The van der Waals surface area contributed by atoms with Gasteiger partial charge >= 0.3 is 7.60 Å². The van der Waals surface area contributed by atoms with E-state index in [1.807, 2.05) is 18.2 Å². The normalized spacial score (nSPS) is 22.5. The molecule has 1 aromatic carbocycles. The predicted molar refractivity (Wildman–Crippen MR) is 99.2 cm³/mol. The van der Waals surface area contributed by atoms with Crippen LogP contribution in [-0.4, -0.2) is 29.4 Å². The molecule has 1 fully saturated rings. The Morgan fingerprint density at radius 3 is 2.08 bits per heavy atom. The second-order valence-corrected chi connectivity index (χ2v) is 9.14. The van der Waals surface area contributed by atoms with E-state index in [1.54, 1.807) is 0 Å². The fourth-order valence-corrected chi connectivity index (χ4v) is 5.72. The first-order valence-corrected chi connectivity index (χ1v) is 10.8. The minimum absolute atomic E-state index is 0.154. The molecule has 0 aliphatic carbocycles. The summed E-state index contributed by atoms with van der Waals surface area (Å²) >= 11 is 0. The van der Waals surface area contributed by atoms with E-state index in [9.17, 15) is 4.57 Å². The number of unbranched alkanes of at least 4 members (excludes halogenated alkanes) is 2. The molecule has 1 aliphatic rings. The molecule has 1 saturated heterocycles. The molecule has 5 heteroatoms. The SMILES string of the molecule is CCCCOP(=O)(OCCCC)C1N(Cc2ccccc2)C1(C)C. The second kappa shape index (κ2) is 8.62. The molecular weight excluding hydrogens is 321 g/mol. The van der Waals surface area contributed by atoms with Gasteiger partial charge in [-0.1, -0.05) is 57.0 Å². The highest BCUT2D eigenvalue weighted by molar-refractivity contribution is 7.55. The third-order valence-corrected chi connectivity index (χ3v) is 7.23. The summed E-state index contributed by atoms with van der Waals surface area (Å²) in [7, 11) is -3.13. The van der Waals surface area contributed by atoms with Crippen molar-refractivity contribution in [2.75, 3.05) is 13.2 Å². The van der Waals surface area contributed by atoms with Crippen LogP contribution in [-0.2, 0) is 20.2 Å². The minimum Gasteiger partial charge on any atom is -0.307 e. The van der Waals surface area contributed by atoms with Gasteiger partial charge in [0.05, 0.1) is 13.2 Å². The quantitative estimate of drug-likeness (QED) is 0.302. The van der Waals surface area contributed by atoms with Crippen LogP contribution in [0.5, 0.6) is 0 Å². The maximum Gasteiger partial charge on any atom is 0.349 e. The van der Waals surface area contributed by atoms with Gasteiger partial charge in [0, 0.05) is 12.1 Å². The molecule has 2 rings (SSSR count). The molecule has 0 spiro atoms. The van der Waals surface area contributed by atoms with Gasteiger partial charge < -0.3 is 9.05 Å². The van der Waals surface area contributed by atoms with E-state index in [4.69, 9.17) is 9.05 Å². The molecule has 0 bridgehead atoms. The molecule has 1 aliphatic heterocycles. The van der Waals surface area contributed by atoms with Crippen LogP contribution in [0.3, 0.4) is 0 Å². The average Bonchev–Trinajstić information content (AvgIpc) is 3.10. The molecule has 0 N–H and O–H groups in total. The maximum absolute atomic E-state index is 13.5. The fraction of sp³-hybridized carbons (Fsp3) is 0.684. The van der Waals surface area contributed by atoms with Crippen molar-refractivity contribution in [2.24, 2.45) is 0 Å². The van der Waals surface area contributed by atoms with E-state index in [0.717, 1.165) is 32.2 Å². The molecule has 4 nitrogen and oxygen atoms in total. The Bertz CT molecular complexity index is 533. The van der Waals surface area contributed by atoms with Crippen molar-refractivity contribution in [2.45, 2.75) is 71.2 Å². The molecule has 2 unspecified atom stereocenters. The standard InChI is InChI=1S/C19H32NO3P/c1-5-7-14-22-24(21,23-15-8-6-2)18-19(3,4)20(18)16-17-12-10-9-11-13-17/h9-13,18H,5-8,14-16H2,1-4H3. The lowest BCUT2D eigenvalue weighted by Crippen LogP contribution is -2.10. The summed E-state index contributed by atoms with van der Waals surface area (Å²) in [6, 6.07) is 10.3. The van der Waals surface area contributed by atoms with Gasteiger partial charge in [0.15, 0.2) is 0 Å². The van der Waals surface area contributed by atoms with Crippen molar-refractivity contribution in [1.82, 2.24) is 4.90 Å². The highest BCUT2D eigenvalue weighted by Crippen LogP contribution is 2.67. The molecule has 136 valence electrons. The Kier molecular flexibility index (Phi) is 7.06. The lowest BCUT2D eigenvalue weighted by Gasteiger charge is -2.19. The molecule has 0 amide bonds. The zero-order chi connectivity index (χ0) is 17.6. The maximum atomic E-state index is 13.5. The fourth-order valence-electron chi connectivity index (χ4n) is 3.02. The van der Waals surface area contributed by atoms with E-state index in [-0.39, 0.29) is 11.3 Å². The molecule has 2 atom stereocenters. The summed E-state index contributed by atoms with van der Waals surface area (Å²) in [5.41, 5.74) is 1.06. The Morgan fingerprint density at radius 2 is 1.58 bits per heavy atom. The van der Waals surface area contributed by atoms with E-state index < -0.39 is 7.60 Å². The van der Waals surface area contributed by atoms with Crippen molar-refractivity contribution < 1.29 is 13.6 Å². The summed E-state index contributed by atoms with van der Waals surface area (Å²) in [6.07, 6.45) is 3.87. The smallest absolute Gasteiger partial charge is 0.307 e. The van der Waals surface area contributed by atoms with E-state index in [2.05, 4.69) is 44.7 Å². The summed E-state index contributed by atoms with van der Waals surface area (Å²) < 4.78 is 25.1. The predicted octanol–water partition coefficient (Wildman–Crippen LogP) is 5.43. The number of hydrogen-bond acceptors (Lipinski definition) is 4. The lowest BCUT2D eigenvalue weighted by atomic mass is 10.2. The first kappa shape index (κ1) is 19.7. The summed E-state index contributed by atoms with van der Waals surface area (Å²) in [5.74, 6) is -0.154. The highest BCUT2D eigenvalue weighted by atomic mass is 31.2. The molecule has 0 aromatic heterocycles. The lowest BCUT2D eigenvalue weighted by molar-refractivity contribution is 0.194. The Morgan fingerprint density at radius 1 is 1.04 bits per heavy atom. The third kappa shape index (κ3) is 4.70. The summed E-state index contributed by atoms with van der Waals surface area (Å²) in [5, 5.41) is 0. The second-order valence-electron chi connectivity index (χ2n) is 7.05. The molecule has 0 saturated carbocycles. The first-order valence-electron chi connectivity index (χ1n) is 9.15. The molecule has 1 heterocycles. The number of nitrogens with zero attached hydrogens (tertiary/aromatic N) is 1. The Balaban J connectivity index is 2.08.